The molecule has 0 saturated carbocycles. The molecule has 2 rings (SSSR count). The third kappa shape index (κ3) is 12.7. The predicted octanol–water partition coefficient (Wildman–Crippen LogP) is 12.4. The fraction of sp³-hybridized carbons (Fsp3) is 0.209. The smallest absolute Gasteiger partial charge is 0.0415 e. The maximum atomic E-state index is 3.96. The average molecular weight is 582 g/mol. The first kappa shape index (κ1) is 35.6. The summed E-state index contributed by atoms with van der Waals surface area (Å²) >= 11 is 0. The van der Waals surface area contributed by atoms with Gasteiger partial charge in [-0.25, -0.2) is 0 Å². The van der Waals surface area contributed by atoms with Gasteiger partial charge in [-0.15, -0.1) is 6.58 Å². The SMILES string of the molecule is C=C/C=C\C(=C\C/C=C\CCC=C)C1=CC=C(C/C=C\C(=C/C)N(C\C=C/C(=C\C)C(/C=C)=C/C=C)c2ccccc2)CC1. The van der Waals surface area contributed by atoms with E-state index in [1.165, 1.54) is 22.4 Å². The summed E-state index contributed by atoms with van der Waals surface area (Å²) in [5, 5.41) is 0. The van der Waals surface area contributed by atoms with Crippen molar-refractivity contribution in [2.24, 2.45) is 0 Å². The Balaban J connectivity index is 2.17. The quantitative estimate of drug-likeness (QED) is 0.0892. The lowest BCUT2D eigenvalue weighted by molar-refractivity contribution is 0.887. The average Bonchev–Trinajstić information content (AvgIpc) is 3.06. The molecule has 0 heterocycles. The highest BCUT2D eigenvalue weighted by Gasteiger charge is 2.10. The monoisotopic (exact) mass is 581 g/mol. The second-order valence-electron chi connectivity index (χ2n) is 10.3. The molecule has 44 heavy (non-hydrogen) atoms. The van der Waals surface area contributed by atoms with Gasteiger partial charge in [-0.1, -0.05) is 147 Å². The molecule has 0 N–H and O–H groups in total. The highest BCUT2D eigenvalue weighted by molar-refractivity contribution is 5.56. The van der Waals surface area contributed by atoms with Crippen LogP contribution in [0, 0.1) is 0 Å². The highest BCUT2D eigenvalue weighted by atomic mass is 15.1. The molecule has 0 saturated heterocycles. The highest BCUT2D eigenvalue weighted by Crippen LogP contribution is 2.28. The van der Waals surface area contributed by atoms with Crippen molar-refractivity contribution >= 4 is 5.69 Å². The van der Waals surface area contributed by atoms with Gasteiger partial charge in [0.2, 0.25) is 0 Å². The number of anilines is 1. The van der Waals surface area contributed by atoms with Gasteiger partial charge >= 0.3 is 0 Å². The third-order valence-electron chi connectivity index (χ3n) is 7.29. The Bertz CT molecular complexity index is 1390. The van der Waals surface area contributed by atoms with E-state index in [9.17, 15) is 0 Å². The van der Waals surface area contributed by atoms with Crippen molar-refractivity contribution in [1.82, 2.24) is 0 Å². The van der Waals surface area contributed by atoms with E-state index in [2.05, 4.69) is 141 Å². The predicted molar refractivity (Wildman–Crippen MR) is 199 cm³/mol. The Morgan fingerprint density at radius 2 is 1.61 bits per heavy atom. The Labute approximate surface area is 268 Å². The van der Waals surface area contributed by atoms with Gasteiger partial charge < -0.3 is 4.90 Å². The summed E-state index contributed by atoms with van der Waals surface area (Å²) in [6.07, 6.45) is 44.3. The van der Waals surface area contributed by atoms with Gasteiger partial charge in [-0.3, -0.25) is 0 Å². The van der Waals surface area contributed by atoms with Crippen molar-refractivity contribution in [2.45, 2.75) is 52.4 Å². The molecular formula is C43H51N. The Morgan fingerprint density at radius 1 is 0.795 bits per heavy atom. The number of nitrogens with zero attached hydrogens (tertiary/aromatic N) is 1. The van der Waals surface area contributed by atoms with Crippen LogP contribution in [-0.2, 0) is 0 Å². The van der Waals surface area contributed by atoms with Crippen LogP contribution in [-0.4, -0.2) is 6.54 Å². The Kier molecular flexibility index (Phi) is 17.8. The van der Waals surface area contributed by atoms with Crippen LogP contribution < -0.4 is 4.90 Å². The summed E-state index contributed by atoms with van der Waals surface area (Å²) in [4.78, 5) is 2.34. The number of rotatable bonds is 19. The van der Waals surface area contributed by atoms with Crippen molar-refractivity contribution in [3.63, 3.8) is 0 Å². The number of hydrogen-bond donors (Lipinski definition) is 0. The number of hydrogen-bond acceptors (Lipinski definition) is 1. The molecule has 0 unspecified atom stereocenters. The summed E-state index contributed by atoms with van der Waals surface area (Å²) in [5.41, 5.74) is 8.63. The van der Waals surface area contributed by atoms with Crippen molar-refractivity contribution < 1.29 is 0 Å². The Hall–Kier alpha value is -4.62. The van der Waals surface area contributed by atoms with Crippen LogP contribution in [0.4, 0.5) is 5.69 Å². The van der Waals surface area contributed by atoms with E-state index < -0.39 is 0 Å². The van der Waals surface area contributed by atoms with E-state index in [4.69, 9.17) is 0 Å². The topological polar surface area (TPSA) is 3.24 Å². The summed E-state index contributed by atoms with van der Waals surface area (Å²) in [6.45, 7) is 20.3. The molecular weight excluding hydrogens is 530 g/mol. The van der Waals surface area contributed by atoms with Gasteiger partial charge in [0.05, 0.1) is 0 Å². The molecule has 1 nitrogen and oxygen atoms in total. The first-order valence-corrected chi connectivity index (χ1v) is 15.7. The fourth-order valence-corrected chi connectivity index (χ4v) is 4.89. The molecule has 0 atom stereocenters. The molecule has 1 heteroatoms. The number of allylic oxidation sites excluding steroid dienone is 22. The van der Waals surface area contributed by atoms with E-state index in [0.29, 0.717) is 0 Å². The molecule has 0 fully saturated rings. The molecule has 0 bridgehead atoms. The van der Waals surface area contributed by atoms with Crippen molar-refractivity contribution in [3.05, 3.63) is 200 Å². The van der Waals surface area contributed by atoms with Gasteiger partial charge in [0.25, 0.3) is 0 Å². The molecule has 228 valence electrons. The van der Waals surface area contributed by atoms with Gasteiger partial charge in [0.1, 0.15) is 0 Å². The van der Waals surface area contributed by atoms with Crippen LogP contribution in [0.5, 0.6) is 0 Å². The van der Waals surface area contributed by atoms with Crippen molar-refractivity contribution in [3.8, 4) is 0 Å². The van der Waals surface area contributed by atoms with E-state index in [-0.39, 0.29) is 0 Å². The summed E-state index contributed by atoms with van der Waals surface area (Å²) in [5.74, 6) is 0. The molecule has 0 spiro atoms. The maximum absolute atomic E-state index is 3.96. The van der Waals surface area contributed by atoms with Crippen LogP contribution >= 0.6 is 0 Å². The standard InChI is InChI=1S/C43H51N/c1-7-13-15-16-17-19-27-40(26-14-8-2)41-34-32-37(33-35-41)25-22-31-42(12-6)44(43-29-20-18-21-30-43)36-23-28-39(11-5)38(10-4)24-9-3/h7-12,14,16-18,20-24,26-32,34H,1-4,13,15,19,25,33,35-36H2,5-6H3/b17-16-,26-14-,28-23-,31-22-,38-24+,39-11+,40-27-,42-12+. The summed E-state index contributed by atoms with van der Waals surface area (Å²) in [6, 6.07) is 10.6. The van der Waals surface area contributed by atoms with E-state index in [1.54, 1.807) is 6.08 Å². The van der Waals surface area contributed by atoms with E-state index in [0.717, 1.165) is 61.9 Å². The lowest BCUT2D eigenvalue weighted by atomic mass is 9.91. The first-order chi connectivity index (χ1) is 21.6. The van der Waals surface area contributed by atoms with Crippen LogP contribution in [0.2, 0.25) is 0 Å². The number of benzene rings is 1. The largest absolute Gasteiger partial charge is 0.338 e. The minimum atomic E-state index is 0.745. The third-order valence-corrected chi connectivity index (χ3v) is 7.29. The van der Waals surface area contributed by atoms with Crippen LogP contribution in [0.3, 0.4) is 0 Å². The normalized spacial score (nSPS) is 15.2. The molecule has 0 radical (unpaired) electrons. The zero-order chi connectivity index (χ0) is 31.8. The van der Waals surface area contributed by atoms with Crippen molar-refractivity contribution in [1.29, 1.82) is 0 Å². The van der Waals surface area contributed by atoms with Crippen LogP contribution in [0.25, 0.3) is 0 Å². The Morgan fingerprint density at radius 3 is 2.25 bits per heavy atom. The second kappa shape index (κ2) is 22.0. The second-order valence-corrected chi connectivity index (χ2v) is 10.3. The van der Waals surface area contributed by atoms with Crippen LogP contribution in [0.15, 0.2) is 200 Å². The van der Waals surface area contributed by atoms with Gasteiger partial charge in [-0.05, 0) is 92.9 Å². The number of para-hydroxylation sites is 1. The molecule has 1 aromatic carbocycles. The summed E-state index contributed by atoms with van der Waals surface area (Å²) < 4.78 is 0. The lowest BCUT2D eigenvalue weighted by Crippen LogP contribution is -2.21. The van der Waals surface area contributed by atoms with Gasteiger partial charge in [0, 0.05) is 17.9 Å². The van der Waals surface area contributed by atoms with Gasteiger partial charge in [-0.2, -0.15) is 0 Å². The maximum Gasteiger partial charge on any atom is 0.0415 e. The lowest BCUT2D eigenvalue weighted by Gasteiger charge is -2.25. The van der Waals surface area contributed by atoms with Gasteiger partial charge in [0.15, 0.2) is 0 Å². The molecule has 0 aliphatic heterocycles. The molecule has 1 aliphatic rings. The van der Waals surface area contributed by atoms with Crippen molar-refractivity contribution in [2.75, 3.05) is 11.4 Å². The molecule has 1 aromatic rings. The first-order valence-electron chi connectivity index (χ1n) is 15.7. The molecule has 0 amide bonds. The zero-order valence-corrected chi connectivity index (χ0v) is 27.0. The minimum absolute atomic E-state index is 0.745. The molecule has 1 aliphatic carbocycles. The summed E-state index contributed by atoms with van der Waals surface area (Å²) in [7, 11) is 0. The van der Waals surface area contributed by atoms with E-state index in [1.807, 2.05) is 37.3 Å². The fourth-order valence-electron chi connectivity index (χ4n) is 4.89. The minimum Gasteiger partial charge on any atom is -0.338 e. The van der Waals surface area contributed by atoms with E-state index >= 15 is 0 Å². The number of unbranched alkanes of at least 4 members (excludes halogenated alkanes) is 1. The van der Waals surface area contributed by atoms with Crippen LogP contribution in [0.1, 0.15) is 52.4 Å². The molecule has 0 aromatic heterocycles. The zero-order valence-electron chi connectivity index (χ0n) is 27.0.